The van der Waals surface area contributed by atoms with Crippen molar-refractivity contribution in [3.63, 3.8) is 0 Å². The molecule has 24 heavy (non-hydrogen) atoms. The molecule has 2 amide bonds. The first-order chi connectivity index (χ1) is 11.1. The molecule has 1 aromatic rings. The van der Waals surface area contributed by atoms with E-state index in [1.807, 2.05) is 20.8 Å². The van der Waals surface area contributed by atoms with Crippen LogP contribution >= 0.6 is 11.3 Å². The molecule has 0 saturated carbocycles. The molecule has 2 unspecified atom stereocenters. The van der Waals surface area contributed by atoms with Crippen LogP contribution in [0.3, 0.4) is 0 Å². The first kappa shape index (κ1) is 18.6. The Kier molecular flexibility index (Phi) is 5.44. The minimum absolute atomic E-state index is 0.133. The number of likely N-dealkylation sites (N-methyl/N-ethyl adjacent to an activating group) is 1. The number of anilines is 1. The third-order valence-electron chi connectivity index (χ3n) is 3.64. The number of ether oxygens (including phenoxy) is 1. The van der Waals surface area contributed by atoms with Crippen molar-refractivity contribution in [2.75, 3.05) is 25.1 Å². The van der Waals surface area contributed by atoms with E-state index in [-0.39, 0.29) is 23.6 Å². The topological polar surface area (TPSA) is 87.7 Å². The zero-order valence-electron chi connectivity index (χ0n) is 15.0. The Balaban J connectivity index is 2.20. The predicted octanol–water partition coefficient (Wildman–Crippen LogP) is 1.57. The number of hydrogen-bond acceptors (Lipinski definition) is 7. The van der Waals surface area contributed by atoms with Crippen LogP contribution in [0.1, 0.15) is 39.6 Å². The second kappa shape index (κ2) is 7.02. The second-order valence-corrected chi connectivity index (χ2v) is 7.79. The average Bonchev–Trinajstić information content (AvgIpc) is 3.05. The zero-order valence-corrected chi connectivity index (χ0v) is 15.8. The maximum atomic E-state index is 12.5. The van der Waals surface area contributed by atoms with E-state index < -0.39 is 6.04 Å². The van der Waals surface area contributed by atoms with Gasteiger partial charge in [0.1, 0.15) is 17.2 Å². The lowest BCUT2D eigenvalue weighted by atomic mass is 9.98. The number of carbonyl (C=O) groups excluding carboxylic acids is 2. The number of hydrogen-bond donors (Lipinski definition) is 1. The van der Waals surface area contributed by atoms with Crippen molar-refractivity contribution in [1.82, 2.24) is 20.4 Å². The SMILES string of the molecule is CCOC(=O)C(C)NC1CN(C)C(=O)N1c1nnc(C(C)(C)C)s1. The summed E-state index contributed by atoms with van der Waals surface area (Å²) in [5.74, 6) is -0.341. The minimum atomic E-state index is -0.522. The summed E-state index contributed by atoms with van der Waals surface area (Å²) in [6.07, 6.45) is -0.359. The molecule has 1 aliphatic rings. The van der Waals surface area contributed by atoms with Gasteiger partial charge in [0.15, 0.2) is 0 Å². The summed E-state index contributed by atoms with van der Waals surface area (Å²) in [6.45, 7) is 10.4. The molecule has 0 aliphatic carbocycles. The highest BCUT2D eigenvalue weighted by molar-refractivity contribution is 7.15. The van der Waals surface area contributed by atoms with Gasteiger partial charge in [0.05, 0.1) is 13.2 Å². The number of amides is 2. The molecule has 0 aromatic carbocycles. The van der Waals surface area contributed by atoms with Crippen LogP contribution in [0.25, 0.3) is 0 Å². The Morgan fingerprint density at radius 1 is 1.46 bits per heavy atom. The van der Waals surface area contributed by atoms with E-state index in [4.69, 9.17) is 4.74 Å². The molecule has 134 valence electrons. The average molecular weight is 355 g/mol. The third kappa shape index (κ3) is 3.84. The highest BCUT2D eigenvalue weighted by Crippen LogP contribution is 2.32. The Labute approximate surface area is 146 Å². The zero-order chi connectivity index (χ0) is 18.1. The van der Waals surface area contributed by atoms with E-state index in [0.29, 0.717) is 18.3 Å². The number of urea groups is 1. The molecule has 1 aromatic heterocycles. The highest BCUT2D eigenvalue weighted by atomic mass is 32.1. The van der Waals surface area contributed by atoms with Gasteiger partial charge in [-0.05, 0) is 13.8 Å². The Morgan fingerprint density at radius 3 is 2.67 bits per heavy atom. The Morgan fingerprint density at radius 2 is 2.12 bits per heavy atom. The molecule has 9 heteroatoms. The number of carbonyl (C=O) groups is 2. The predicted molar refractivity (Wildman–Crippen MR) is 92.1 cm³/mol. The summed E-state index contributed by atoms with van der Waals surface area (Å²) in [7, 11) is 1.72. The standard InChI is InChI=1S/C15H25N5O3S/c1-7-23-11(21)9(2)16-10-8-19(6)14(22)20(10)13-18-17-12(24-13)15(3,4)5/h9-10,16H,7-8H2,1-6H3. The minimum Gasteiger partial charge on any atom is -0.465 e. The molecular weight excluding hydrogens is 330 g/mol. The van der Waals surface area contributed by atoms with Gasteiger partial charge < -0.3 is 9.64 Å². The van der Waals surface area contributed by atoms with Crippen molar-refractivity contribution < 1.29 is 14.3 Å². The van der Waals surface area contributed by atoms with Crippen LogP contribution < -0.4 is 10.2 Å². The van der Waals surface area contributed by atoms with Crippen molar-refractivity contribution in [3.8, 4) is 0 Å². The van der Waals surface area contributed by atoms with E-state index in [1.54, 1.807) is 30.7 Å². The molecule has 1 fully saturated rings. The quantitative estimate of drug-likeness (QED) is 0.807. The van der Waals surface area contributed by atoms with Gasteiger partial charge in [0.2, 0.25) is 5.13 Å². The lowest BCUT2D eigenvalue weighted by Crippen LogP contribution is -2.50. The maximum absolute atomic E-state index is 12.5. The summed E-state index contributed by atoms with van der Waals surface area (Å²) in [4.78, 5) is 27.5. The van der Waals surface area contributed by atoms with Crippen molar-refractivity contribution in [2.45, 2.75) is 52.2 Å². The first-order valence-corrected chi connectivity index (χ1v) is 8.77. The van der Waals surface area contributed by atoms with Gasteiger partial charge in [0.25, 0.3) is 0 Å². The monoisotopic (exact) mass is 355 g/mol. The maximum Gasteiger partial charge on any atom is 0.327 e. The van der Waals surface area contributed by atoms with Gasteiger partial charge in [-0.1, -0.05) is 32.1 Å². The summed E-state index contributed by atoms with van der Waals surface area (Å²) >= 11 is 1.39. The largest absolute Gasteiger partial charge is 0.465 e. The fourth-order valence-electron chi connectivity index (χ4n) is 2.32. The van der Waals surface area contributed by atoms with Gasteiger partial charge in [-0.25, -0.2) is 4.79 Å². The van der Waals surface area contributed by atoms with E-state index in [0.717, 1.165) is 5.01 Å². The Bertz CT molecular complexity index is 612. The van der Waals surface area contributed by atoms with E-state index in [9.17, 15) is 9.59 Å². The molecule has 2 rings (SSSR count). The summed E-state index contributed by atoms with van der Waals surface area (Å²) in [6, 6.07) is -0.688. The number of aromatic nitrogens is 2. The molecule has 2 heterocycles. The van der Waals surface area contributed by atoms with Gasteiger partial charge in [0, 0.05) is 12.5 Å². The Hall–Kier alpha value is -1.74. The van der Waals surface area contributed by atoms with Gasteiger partial charge in [-0.2, -0.15) is 0 Å². The van der Waals surface area contributed by atoms with Crippen LogP contribution in [0.4, 0.5) is 9.93 Å². The van der Waals surface area contributed by atoms with Gasteiger partial charge in [-0.3, -0.25) is 15.0 Å². The number of esters is 1. The van der Waals surface area contributed by atoms with Crippen LogP contribution in [0.15, 0.2) is 0 Å². The molecule has 0 radical (unpaired) electrons. The van der Waals surface area contributed by atoms with Crippen molar-refractivity contribution in [1.29, 1.82) is 0 Å². The summed E-state index contributed by atoms with van der Waals surface area (Å²) < 4.78 is 5.01. The second-order valence-electron chi connectivity index (χ2n) is 6.83. The molecule has 0 spiro atoms. The van der Waals surface area contributed by atoms with Gasteiger partial charge >= 0.3 is 12.0 Å². The molecule has 1 saturated heterocycles. The van der Waals surface area contributed by atoms with Crippen LogP contribution in [0.5, 0.6) is 0 Å². The number of nitrogens with zero attached hydrogens (tertiary/aromatic N) is 4. The van der Waals surface area contributed by atoms with Gasteiger partial charge in [-0.15, -0.1) is 10.2 Å². The molecule has 1 N–H and O–H groups in total. The van der Waals surface area contributed by atoms with Crippen LogP contribution in [0.2, 0.25) is 0 Å². The smallest absolute Gasteiger partial charge is 0.327 e. The van der Waals surface area contributed by atoms with Crippen molar-refractivity contribution in [2.24, 2.45) is 0 Å². The van der Waals surface area contributed by atoms with E-state index in [1.165, 1.54) is 11.3 Å². The third-order valence-corrected chi connectivity index (χ3v) is 4.98. The van der Waals surface area contributed by atoms with Crippen molar-refractivity contribution in [3.05, 3.63) is 5.01 Å². The molecule has 8 nitrogen and oxygen atoms in total. The fraction of sp³-hybridized carbons (Fsp3) is 0.733. The highest BCUT2D eigenvalue weighted by Gasteiger charge is 2.40. The first-order valence-electron chi connectivity index (χ1n) is 7.96. The number of rotatable bonds is 5. The van der Waals surface area contributed by atoms with Crippen LogP contribution in [0, 0.1) is 0 Å². The number of nitrogens with one attached hydrogen (secondary N) is 1. The summed E-state index contributed by atoms with van der Waals surface area (Å²) in [5, 5.41) is 12.9. The van der Waals surface area contributed by atoms with E-state index in [2.05, 4.69) is 15.5 Å². The van der Waals surface area contributed by atoms with E-state index >= 15 is 0 Å². The molecule has 1 aliphatic heterocycles. The molecular formula is C15H25N5O3S. The fourth-order valence-corrected chi connectivity index (χ4v) is 3.26. The lowest BCUT2D eigenvalue weighted by molar-refractivity contribution is -0.145. The molecule has 0 bridgehead atoms. The van der Waals surface area contributed by atoms with Crippen LogP contribution in [-0.2, 0) is 14.9 Å². The normalized spacial score (nSPS) is 19.8. The van der Waals surface area contributed by atoms with Crippen LogP contribution in [-0.4, -0.2) is 59.5 Å². The molecule has 2 atom stereocenters. The van der Waals surface area contributed by atoms with Crippen molar-refractivity contribution >= 4 is 28.5 Å². The summed E-state index contributed by atoms with van der Waals surface area (Å²) in [5.41, 5.74) is -0.133. The lowest BCUT2D eigenvalue weighted by Gasteiger charge is -2.24.